The van der Waals surface area contributed by atoms with Crippen LogP contribution < -0.4 is 5.14 Å². The summed E-state index contributed by atoms with van der Waals surface area (Å²) in [6.07, 6.45) is -7.64. The number of fused-ring (bicyclic) bond motifs is 1. The molecule has 2 N–H and O–H groups in total. The molecule has 0 aliphatic heterocycles. The highest BCUT2D eigenvalue weighted by atomic mass is 32.2. The number of halogens is 7. The fourth-order valence-corrected chi connectivity index (χ4v) is 3.78. The van der Waals surface area contributed by atoms with Gasteiger partial charge >= 0.3 is 6.18 Å². The standard InChI is InChI=1S/C22H11F7N4O2S/c23-15-9-16(24)19(36(30,34)35)7-12(15)3-6-14-8-20-31-17(10-18(21(25)26)33(20)32-14)11-1-4-13(5-2-11)22(27,28)29/h1-2,4-5,7-10,21H,(H2,30,34,35). The molecule has 0 spiro atoms. The molecule has 0 saturated carbocycles. The first-order valence-corrected chi connectivity index (χ1v) is 11.2. The van der Waals surface area contributed by atoms with Gasteiger partial charge in [-0.05, 0) is 30.2 Å². The Bertz CT molecular complexity index is 1650. The molecule has 0 aliphatic carbocycles. The fraction of sp³-hybridized carbons (Fsp3) is 0.0909. The van der Waals surface area contributed by atoms with Crippen molar-refractivity contribution >= 4 is 15.7 Å². The smallest absolute Gasteiger partial charge is 0.228 e. The van der Waals surface area contributed by atoms with Crippen molar-refractivity contribution in [2.45, 2.75) is 17.5 Å². The molecular weight excluding hydrogens is 517 g/mol. The van der Waals surface area contributed by atoms with Crippen LogP contribution in [0.25, 0.3) is 16.9 Å². The van der Waals surface area contributed by atoms with E-state index in [4.69, 9.17) is 5.14 Å². The summed E-state index contributed by atoms with van der Waals surface area (Å²) < 4.78 is 117. The Kier molecular flexibility index (Phi) is 6.23. The highest BCUT2D eigenvalue weighted by molar-refractivity contribution is 7.89. The first-order chi connectivity index (χ1) is 16.7. The first kappa shape index (κ1) is 25.1. The van der Waals surface area contributed by atoms with Crippen molar-refractivity contribution in [1.82, 2.24) is 14.6 Å². The third-order valence-corrected chi connectivity index (χ3v) is 5.77. The largest absolute Gasteiger partial charge is 0.416 e. The highest BCUT2D eigenvalue weighted by Gasteiger charge is 2.30. The van der Waals surface area contributed by atoms with Crippen LogP contribution in [0.3, 0.4) is 0 Å². The lowest BCUT2D eigenvalue weighted by Crippen LogP contribution is -2.14. The summed E-state index contributed by atoms with van der Waals surface area (Å²) in [5, 5.41) is 8.74. The molecule has 2 aromatic carbocycles. The number of nitrogens with two attached hydrogens (primary N) is 1. The van der Waals surface area contributed by atoms with Crippen molar-refractivity contribution in [1.29, 1.82) is 0 Å². The highest BCUT2D eigenvalue weighted by Crippen LogP contribution is 2.32. The molecule has 186 valence electrons. The van der Waals surface area contributed by atoms with Crippen molar-refractivity contribution in [3.05, 3.63) is 82.7 Å². The maximum Gasteiger partial charge on any atom is 0.416 e. The molecular formula is C22H11F7N4O2S. The zero-order chi connectivity index (χ0) is 26.4. The molecule has 14 heteroatoms. The van der Waals surface area contributed by atoms with Gasteiger partial charge in [0.25, 0.3) is 6.43 Å². The minimum atomic E-state index is -4.58. The van der Waals surface area contributed by atoms with E-state index >= 15 is 0 Å². The normalized spacial score (nSPS) is 12.1. The van der Waals surface area contributed by atoms with Crippen LogP contribution >= 0.6 is 0 Å². The fourth-order valence-electron chi connectivity index (χ4n) is 3.17. The van der Waals surface area contributed by atoms with Crippen LogP contribution in [0, 0.1) is 23.5 Å². The Morgan fingerprint density at radius 2 is 1.61 bits per heavy atom. The van der Waals surface area contributed by atoms with E-state index in [-0.39, 0.29) is 28.7 Å². The second-order valence-corrected chi connectivity index (χ2v) is 8.83. The molecule has 2 aromatic heterocycles. The van der Waals surface area contributed by atoms with E-state index in [0.29, 0.717) is 6.07 Å². The van der Waals surface area contributed by atoms with E-state index in [1.54, 1.807) is 0 Å². The molecule has 2 heterocycles. The Morgan fingerprint density at radius 1 is 0.944 bits per heavy atom. The molecule has 0 amide bonds. The van der Waals surface area contributed by atoms with Crippen LogP contribution in [-0.4, -0.2) is 23.0 Å². The number of primary sulfonamides is 1. The van der Waals surface area contributed by atoms with Gasteiger partial charge in [-0.15, -0.1) is 0 Å². The van der Waals surface area contributed by atoms with Gasteiger partial charge in [0.05, 0.1) is 16.8 Å². The van der Waals surface area contributed by atoms with Gasteiger partial charge in [-0.1, -0.05) is 18.1 Å². The molecule has 0 aliphatic rings. The SMILES string of the molecule is NS(=O)(=O)c1cc(C#Cc2cc3nc(-c4ccc(C(F)(F)F)cc4)cc(C(F)F)n3n2)c(F)cc1F. The molecule has 6 nitrogen and oxygen atoms in total. The molecule has 4 rings (SSSR count). The van der Waals surface area contributed by atoms with E-state index in [2.05, 4.69) is 21.9 Å². The van der Waals surface area contributed by atoms with Crippen molar-refractivity contribution < 1.29 is 39.2 Å². The second kappa shape index (κ2) is 8.92. The quantitative estimate of drug-likeness (QED) is 0.309. The molecule has 0 saturated heterocycles. The Hall–Kier alpha value is -3.96. The minimum absolute atomic E-state index is 0.0618. The number of hydrogen-bond donors (Lipinski definition) is 1. The van der Waals surface area contributed by atoms with Crippen LogP contribution in [0.2, 0.25) is 0 Å². The van der Waals surface area contributed by atoms with Crippen LogP contribution in [0.4, 0.5) is 30.7 Å². The van der Waals surface area contributed by atoms with Crippen LogP contribution in [0.1, 0.15) is 28.9 Å². The van der Waals surface area contributed by atoms with Crippen molar-refractivity contribution in [3.63, 3.8) is 0 Å². The molecule has 0 radical (unpaired) electrons. The van der Waals surface area contributed by atoms with Crippen molar-refractivity contribution in [2.24, 2.45) is 5.14 Å². The summed E-state index contributed by atoms with van der Waals surface area (Å²) in [6, 6.07) is 6.67. The topological polar surface area (TPSA) is 90.4 Å². The number of benzene rings is 2. The average Bonchev–Trinajstić information content (AvgIpc) is 3.19. The lowest BCUT2D eigenvalue weighted by Gasteiger charge is -2.09. The van der Waals surface area contributed by atoms with E-state index in [1.807, 2.05) is 0 Å². The molecule has 0 bridgehead atoms. The van der Waals surface area contributed by atoms with Crippen molar-refractivity contribution in [2.75, 3.05) is 0 Å². The third kappa shape index (κ3) is 5.02. The Labute approximate surface area is 198 Å². The number of aromatic nitrogens is 3. The van der Waals surface area contributed by atoms with Gasteiger partial charge < -0.3 is 0 Å². The summed E-state index contributed by atoms with van der Waals surface area (Å²) in [4.78, 5) is 3.14. The number of nitrogens with zero attached hydrogens (tertiary/aromatic N) is 3. The zero-order valence-corrected chi connectivity index (χ0v) is 18.3. The molecule has 36 heavy (non-hydrogen) atoms. The molecule has 0 unspecified atom stereocenters. The predicted molar refractivity (Wildman–Crippen MR) is 112 cm³/mol. The zero-order valence-electron chi connectivity index (χ0n) is 17.5. The average molecular weight is 528 g/mol. The van der Waals surface area contributed by atoms with E-state index in [0.717, 1.165) is 40.9 Å². The monoisotopic (exact) mass is 528 g/mol. The van der Waals surface area contributed by atoms with Gasteiger partial charge in [0.15, 0.2) is 5.65 Å². The van der Waals surface area contributed by atoms with Gasteiger partial charge in [0.1, 0.15) is 27.9 Å². The van der Waals surface area contributed by atoms with Gasteiger partial charge in [-0.3, -0.25) is 0 Å². The molecule has 4 aromatic rings. The van der Waals surface area contributed by atoms with E-state index in [9.17, 15) is 39.2 Å². The minimum Gasteiger partial charge on any atom is -0.228 e. The van der Waals surface area contributed by atoms with Crippen molar-refractivity contribution in [3.8, 4) is 23.1 Å². The van der Waals surface area contributed by atoms with E-state index < -0.39 is 56.0 Å². The van der Waals surface area contributed by atoms with Gasteiger partial charge in [-0.25, -0.2) is 40.6 Å². The van der Waals surface area contributed by atoms with Gasteiger partial charge in [0, 0.05) is 17.7 Å². The van der Waals surface area contributed by atoms with Gasteiger partial charge in [0.2, 0.25) is 10.0 Å². The lowest BCUT2D eigenvalue weighted by atomic mass is 10.1. The number of hydrogen-bond acceptors (Lipinski definition) is 4. The summed E-state index contributed by atoms with van der Waals surface area (Å²) in [6.45, 7) is 0. The molecule has 0 atom stereocenters. The maximum absolute atomic E-state index is 14.1. The molecule has 0 fully saturated rings. The Balaban J connectivity index is 1.78. The lowest BCUT2D eigenvalue weighted by molar-refractivity contribution is -0.137. The first-order valence-electron chi connectivity index (χ1n) is 9.64. The summed E-state index contributed by atoms with van der Waals surface area (Å²) in [5.74, 6) is 1.96. The number of rotatable bonds is 3. The van der Waals surface area contributed by atoms with E-state index in [1.165, 1.54) is 0 Å². The third-order valence-electron chi connectivity index (χ3n) is 4.84. The number of sulfonamides is 1. The van der Waals surface area contributed by atoms with Crippen LogP contribution in [0.15, 0.2) is 53.4 Å². The van der Waals surface area contributed by atoms with Crippen LogP contribution in [0.5, 0.6) is 0 Å². The second-order valence-electron chi connectivity index (χ2n) is 7.30. The number of alkyl halides is 5. The summed E-state index contributed by atoms with van der Waals surface area (Å²) in [5.41, 5.74) is -2.38. The van der Waals surface area contributed by atoms with Gasteiger partial charge in [-0.2, -0.15) is 18.3 Å². The predicted octanol–water partition coefficient (Wildman–Crippen LogP) is 4.68. The Morgan fingerprint density at radius 3 is 2.19 bits per heavy atom. The summed E-state index contributed by atoms with van der Waals surface area (Å²) >= 11 is 0. The summed E-state index contributed by atoms with van der Waals surface area (Å²) in [7, 11) is -4.52. The van der Waals surface area contributed by atoms with Crippen LogP contribution in [-0.2, 0) is 16.2 Å². The maximum atomic E-state index is 14.1.